The van der Waals surface area contributed by atoms with E-state index < -0.39 is 11.9 Å². The standard InChI is InChI=1S/C24H21N3O4S/c1-27(20-6-4-3-5-7-20)22(29)17-12-14-19(15-13-17)25-24(32)26-21(28)16-8-10-18(11-9-16)23(30)31-2/h3-15H,1-2H3,(H2,25,26,28,32). The molecule has 0 saturated carbocycles. The number of nitrogens with zero attached hydrogens (tertiary/aromatic N) is 1. The number of benzene rings is 3. The quantitative estimate of drug-likeness (QED) is 0.456. The number of ether oxygens (including phenoxy) is 1. The maximum absolute atomic E-state index is 12.7. The maximum atomic E-state index is 12.7. The first-order valence-electron chi connectivity index (χ1n) is 9.63. The summed E-state index contributed by atoms with van der Waals surface area (Å²) in [6.45, 7) is 0. The Morgan fingerprint density at radius 3 is 1.97 bits per heavy atom. The van der Waals surface area contributed by atoms with E-state index in [0.717, 1.165) is 5.69 Å². The average molecular weight is 448 g/mol. The van der Waals surface area contributed by atoms with Gasteiger partial charge in [-0.1, -0.05) is 18.2 Å². The van der Waals surface area contributed by atoms with Gasteiger partial charge in [0.05, 0.1) is 12.7 Å². The van der Waals surface area contributed by atoms with Crippen molar-refractivity contribution in [3.8, 4) is 0 Å². The van der Waals surface area contributed by atoms with Gasteiger partial charge in [0.25, 0.3) is 11.8 Å². The Kier molecular flexibility index (Phi) is 7.30. The van der Waals surface area contributed by atoms with Crippen LogP contribution in [-0.2, 0) is 4.74 Å². The lowest BCUT2D eigenvalue weighted by Gasteiger charge is -2.17. The van der Waals surface area contributed by atoms with Crippen LogP contribution in [0.5, 0.6) is 0 Å². The highest BCUT2D eigenvalue weighted by Crippen LogP contribution is 2.16. The number of para-hydroxylation sites is 1. The number of nitrogens with one attached hydrogen (secondary N) is 2. The fourth-order valence-corrected chi connectivity index (χ4v) is 3.08. The van der Waals surface area contributed by atoms with Crippen molar-refractivity contribution < 1.29 is 19.1 Å². The first-order valence-corrected chi connectivity index (χ1v) is 10.0. The highest BCUT2D eigenvalue weighted by atomic mass is 32.1. The van der Waals surface area contributed by atoms with E-state index in [4.69, 9.17) is 12.2 Å². The van der Waals surface area contributed by atoms with Crippen LogP contribution < -0.4 is 15.5 Å². The molecular weight excluding hydrogens is 426 g/mol. The Balaban J connectivity index is 1.58. The molecule has 0 radical (unpaired) electrons. The normalized spacial score (nSPS) is 10.1. The predicted molar refractivity (Wildman–Crippen MR) is 127 cm³/mol. The Labute approximate surface area is 191 Å². The van der Waals surface area contributed by atoms with Gasteiger partial charge in [-0.15, -0.1) is 0 Å². The monoisotopic (exact) mass is 447 g/mol. The van der Waals surface area contributed by atoms with E-state index in [2.05, 4.69) is 15.4 Å². The minimum Gasteiger partial charge on any atom is -0.465 e. The second-order valence-corrected chi connectivity index (χ2v) is 7.16. The molecule has 7 nitrogen and oxygen atoms in total. The van der Waals surface area contributed by atoms with Crippen LogP contribution in [0.15, 0.2) is 78.9 Å². The number of carbonyl (C=O) groups excluding carboxylic acids is 3. The van der Waals surface area contributed by atoms with Crippen LogP contribution in [0.3, 0.4) is 0 Å². The number of thiocarbonyl (C=S) groups is 1. The number of hydrogen-bond donors (Lipinski definition) is 2. The molecule has 0 fully saturated rings. The molecule has 0 aromatic heterocycles. The molecule has 0 atom stereocenters. The van der Waals surface area contributed by atoms with Gasteiger partial charge in [-0.05, 0) is 72.9 Å². The van der Waals surface area contributed by atoms with Crippen molar-refractivity contribution in [2.24, 2.45) is 0 Å². The van der Waals surface area contributed by atoms with Crippen molar-refractivity contribution in [2.75, 3.05) is 24.4 Å². The van der Waals surface area contributed by atoms with Crippen LogP contribution in [0.25, 0.3) is 0 Å². The summed E-state index contributed by atoms with van der Waals surface area (Å²) < 4.78 is 4.63. The summed E-state index contributed by atoms with van der Waals surface area (Å²) in [6.07, 6.45) is 0. The number of methoxy groups -OCH3 is 1. The maximum Gasteiger partial charge on any atom is 0.337 e. The molecule has 0 aliphatic heterocycles. The van der Waals surface area contributed by atoms with Crippen molar-refractivity contribution in [1.29, 1.82) is 0 Å². The van der Waals surface area contributed by atoms with E-state index in [-0.39, 0.29) is 11.0 Å². The predicted octanol–water partition coefficient (Wildman–Crippen LogP) is 3.88. The summed E-state index contributed by atoms with van der Waals surface area (Å²) in [5.41, 5.74) is 2.62. The van der Waals surface area contributed by atoms with E-state index in [0.29, 0.717) is 22.4 Å². The van der Waals surface area contributed by atoms with Gasteiger partial charge in [0.1, 0.15) is 0 Å². The number of anilines is 2. The molecule has 8 heteroatoms. The van der Waals surface area contributed by atoms with Crippen LogP contribution in [-0.4, -0.2) is 37.1 Å². The fourth-order valence-electron chi connectivity index (χ4n) is 2.87. The zero-order chi connectivity index (χ0) is 23.1. The van der Waals surface area contributed by atoms with Crippen LogP contribution in [0, 0.1) is 0 Å². The number of carbonyl (C=O) groups is 3. The van der Waals surface area contributed by atoms with Crippen LogP contribution >= 0.6 is 12.2 Å². The second-order valence-electron chi connectivity index (χ2n) is 6.75. The number of amides is 2. The molecule has 2 N–H and O–H groups in total. The van der Waals surface area contributed by atoms with Gasteiger partial charge in [0.15, 0.2) is 5.11 Å². The van der Waals surface area contributed by atoms with Crippen molar-refractivity contribution in [2.45, 2.75) is 0 Å². The summed E-state index contributed by atoms with van der Waals surface area (Å²) in [4.78, 5) is 38.0. The summed E-state index contributed by atoms with van der Waals surface area (Å²) in [7, 11) is 3.00. The third-order valence-electron chi connectivity index (χ3n) is 4.63. The number of hydrogen-bond acceptors (Lipinski definition) is 5. The first-order chi connectivity index (χ1) is 15.4. The zero-order valence-corrected chi connectivity index (χ0v) is 18.3. The molecule has 0 unspecified atom stereocenters. The highest BCUT2D eigenvalue weighted by Gasteiger charge is 2.14. The largest absolute Gasteiger partial charge is 0.465 e. The molecule has 0 spiro atoms. The van der Waals surface area contributed by atoms with Gasteiger partial charge in [0, 0.05) is 29.5 Å². The third-order valence-corrected chi connectivity index (χ3v) is 4.84. The SMILES string of the molecule is COC(=O)c1ccc(C(=O)NC(=S)Nc2ccc(C(=O)N(C)c3ccccc3)cc2)cc1. The van der Waals surface area contributed by atoms with Crippen molar-refractivity contribution in [3.05, 3.63) is 95.6 Å². The molecule has 162 valence electrons. The van der Waals surface area contributed by atoms with Crippen LogP contribution in [0.1, 0.15) is 31.1 Å². The average Bonchev–Trinajstić information content (AvgIpc) is 2.83. The Hall–Kier alpha value is -4.04. The van der Waals surface area contributed by atoms with E-state index in [9.17, 15) is 14.4 Å². The molecule has 0 saturated heterocycles. The molecule has 0 heterocycles. The van der Waals surface area contributed by atoms with E-state index in [1.54, 1.807) is 36.2 Å². The molecule has 0 aliphatic carbocycles. The van der Waals surface area contributed by atoms with E-state index in [1.807, 2.05) is 30.3 Å². The van der Waals surface area contributed by atoms with Crippen molar-refractivity contribution in [1.82, 2.24) is 5.32 Å². The Bertz CT molecular complexity index is 1130. The minimum absolute atomic E-state index is 0.104. The zero-order valence-electron chi connectivity index (χ0n) is 17.5. The number of rotatable bonds is 5. The van der Waals surface area contributed by atoms with Gasteiger partial charge < -0.3 is 15.0 Å². The van der Waals surface area contributed by atoms with Gasteiger partial charge in [0.2, 0.25) is 0 Å². The van der Waals surface area contributed by atoms with Crippen LogP contribution in [0.2, 0.25) is 0 Å². The van der Waals surface area contributed by atoms with Crippen LogP contribution in [0.4, 0.5) is 11.4 Å². The van der Waals surface area contributed by atoms with Gasteiger partial charge in [-0.2, -0.15) is 0 Å². The Morgan fingerprint density at radius 2 is 1.38 bits per heavy atom. The summed E-state index contributed by atoms with van der Waals surface area (Å²) in [5, 5.41) is 5.59. The van der Waals surface area contributed by atoms with Gasteiger partial charge in [-0.3, -0.25) is 14.9 Å². The van der Waals surface area contributed by atoms with Gasteiger partial charge >= 0.3 is 5.97 Å². The molecular formula is C24H21N3O4S. The highest BCUT2D eigenvalue weighted by molar-refractivity contribution is 7.80. The van der Waals surface area contributed by atoms with E-state index in [1.165, 1.54) is 31.4 Å². The number of esters is 1. The molecule has 0 aliphatic rings. The lowest BCUT2D eigenvalue weighted by molar-refractivity contribution is 0.0600. The fraction of sp³-hybridized carbons (Fsp3) is 0.0833. The molecule has 0 bridgehead atoms. The van der Waals surface area contributed by atoms with Crippen molar-refractivity contribution >= 4 is 46.5 Å². The molecule has 32 heavy (non-hydrogen) atoms. The van der Waals surface area contributed by atoms with E-state index >= 15 is 0 Å². The Morgan fingerprint density at radius 1 is 0.812 bits per heavy atom. The molecule has 3 aromatic rings. The lowest BCUT2D eigenvalue weighted by atomic mass is 10.1. The molecule has 3 aromatic carbocycles. The smallest absolute Gasteiger partial charge is 0.337 e. The second kappa shape index (κ2) is 10.3. The summed E-state index contributed by atoms with van der Waals surface area (Å²) in [5.74, 6) is -1.05. The molecule has 2 amide bonds. The van der Waals surface area contributed by atoms with Crippen molar-refractivity contribution in [3.63, 3.8) is 0 Å². The van der Waals surface area contributed by atoms with Gasteiger partial charge in [-0.25, -0.2) is 4.79 Å². The summed E-state index contributed by atoms with van der Waals surface area (Å²) >= 11 is 5.20. The topological polar surface area (TPSA) is 87.7 Å². The minimum atomic E-state index is -0.481. The summed E-state index contributed by atoms with van der Waals surface area (Å²) in [6, 6.07) is 22.1. The first kappa shape index (κ1) is 22.6. The third kappa shape index (κ3) is 5.55. The molecule has 3 rings (SSSR count). The lowest BCUT2D eigenvalue weighted by Crippen LogP contribution is -2.34.